The zero-order valence-corrected chi connectivity index (χ0v) is 14.2. The lowest BCUT2D eigenvalue weighted by Gasteiger charge is -2.06. The summed E-state index contributed by atoms with van der Waals surface area (Å²) in [5.41, 5.74) is 0.718. The fourth-order valence-electron chi connectivity index (χ4n) is 2.41. The first-order valence-electron chi connectivity index (χ1n) is 8.78. The summed E-state index contributed by atoms with van der Waals surface area (Å²) in [7, 11) is 0. The van der Waals surface area contributed by atoms with Crippen molar-refractivity contribution in [1.29, 1.82) is 0 Å². The average Bonchev–Trinajstić information content (AvgIpc) is 2.85. The van der Waals surface area contributed by atoms with E-state index in [4.69, 9.17) is 0 Å². The Morgan fingerprint density at radius 3 is 2.30 bits per heavy atom. The number of ether oxygens (including phenoxy) is 1. The lowest BCUT2D eigenvalue weighted by atomic mass is 10.1. The van der Waals surface area contributed by atoms with Crippen LogP contribution in [0.3, 0.4) is 0 Å². The quantitative estimate of drug-likeness (QED) is 0.313. The molecule has 0 aromatic heterocycles. The van der Waals surface area contributed by atoms with Gasteiger partial charge in [-0.2, -0.15) is 0 Å². The Bertz CT molecular complexity index is 444. The van der Waals surface area contributed by atoms with Crippen molar-refractivity contribution in [2.45, 2.75) is 71.0 Å². The Kier molecular flexibility index (Phi) is 10.9. The minimum absolute atomic E-state index is 0.423. The van der Waals surface area contributed by atoms with Gasteiger partial charge in [-0.3, -0.25) is 0 Å². The van der Waals surface area contributed by atoms with Crippen molar-refractivity contribution in [3.8, 4) is 0 Å². The van der Waals surface area contributed by atoms with E-state index in [1.807, 2.05) is 0 Å². The second-order valence-electron chi connectivity index (χ2n) is 5.76. The number of allylic oxidation sites excluding steroid dienone is 6. The highest BCUT2D eigenvalue weighted by molar-refractivity contribution is 5.85. The summed E-state index contributed by atoms with van der Waals surface area (Å²) >= 11 is 0. The first-order chi connectivity index (χ1) is 11.2. The molecule has 1 atom stereocenters. The molecule has 0 spiro atoms. The van der Waals surface area contributed by atoms with Crippen molar-refractivity contribution in [2.75, 3.05) is 0 Å². The third-order valence-corrected chi connectivity index (χ3v) is 3.71. The number of hydrogen-bond acceptors (Lipinski definition) is 3. The number of esters is 1. The van der Waals surface area contributed by atoms with Crippen molar-refractivity contribution in [1.82, 2.24) is 0 Å². The van der Waals surface area contributed by atoms with Gasteiger partial charge in [0, 0.05) is 11.6 Å². The molecule has 1 unspecified atom stereocenters. The minimum atomic E-state index is -1.00. The second-order valence-corrected chi connectivity index (χ2v) is 5.76. The molecule has 23 heavy (non-hydrogen) atoms. The van der Waals surface area contributed by atoms with Gasteiger partial charge in [0.25, 0.3) is 0 Å². The van der Waals surface area contributed by atoms with Gasteiger partial charge < -0.3 is 9.84 Å². The average molecular weight is 318 g/mol. The van der Waals surface area contributed by atoms with Crippen LogP contribution in [0.25, 0.3) is 0 Å². The first-order valence-corrected chi connectivity index (χ1v) is 8.78. The minimum Gasteiger partial charge on any atom is -0.429 e. The van der Waals surface area contributed by atoms with E-state index < -0.39 is 12.3 Å². The van der Waals surface area contributed by atoms with Gasteiger partial charge in [-0.05, 0) is 44.9 Å². The first kappa shape index (κ1) is 19.4. The van der Waals surface area contributed by atoms with Crippen LogP contribution in [0.2, 0.25) is 0 Å². The highest BCUT2D eigenvalue weighted by Crippen LogP contribution is 2.20. The Morgan fingerprint density at radius 1 is 1.00 bits per heavy atom. The van der Waals surface area contributed by atoms with E-state index in [1.165, 1.54) is 18.9 Å². The van der Waals surface area contributed by atoms with E-state index in [0.717, 1.165) is 50.5 Å². The molecule has 1 aliphatic heterocycles. The number of carbonyl (C=O) groups is 1. The largest absolute Gasteiger partial charge is 0.429 e. The Morgan fingerprint density at radius 2 is 1.65 bits per heavy atom. The van der Waals surface area contributed by atoms with Crippen molar-refractivity contribution >= 4 is 5.97 Å². The summed E-state index contributed by atoms with van der Waals surface area (Å²) < 4.78 is 4.65. The van der Waals surface area contributed by atoms with Gasteiger partial charge in [-0.15, -0.1) is 0 Å². The third-order valence-electron chi connectivity index (χ3n) is 3.71. The van der Waals surface area contributed by atoms with E-state index >= 15 is 0 Å². The summed E-state index contributed by atoms with van der Waals surface area (Å²) in [6.07, 6.45) is 23.2. The van der Waals surface area contributed by atoms with Gasteiger partial charge >= 0.3 is 5.97 Å². The zero-order chi connectivity index (χ0) is 16.8. The molecule has 3 heteroatoms. The Hall–Kier alpha value is -1.61. The topological polar surface area (TPSA) is 46.5 Å². The number of rotatable bonds is 12. The molecule has 0 aromatic carbocycles. The van der Waals surface area contributed by atoms with Crippen LogP contribution < -0.4 is 0 Å². The van der Waals surface area contributed by atoms with Crippen LogP contribution in [0, 0.1) is 0 Å². The van der Waals surface area contributed by atoms with Crippen LogP contribution in [-0.2, 0) is 9.53 Å². The molecule has 0 aromatic rings. The van der Waals surface area contributed by atoms with E-state index in [-0.39, 0.29) is 0 Å². The molecule has 0 fully saturated rings. The summed E-state index contributed by atoms with van der Waals surface area (Å²) in [4.78, 5) is 10.9. The second kappa shape index (κ2) is 12.9. The van der Waals surface area contributed by atoms with E-state index in [0.29, 0.717) is 0 Å². The number of aliphatic hydroxyl groups excluding tert-OH is 1. The fraction of sp³-hybridized carbons (Fsp3) is 0.550. The van der Waals surface area contributed by atoms with E-state index in [1.54, 1.807) is 0 Å². The van der Waals surface area contributed by atoms with Crippen LogP contribution in [0.1, 0.15) is 64.7 Å². The van der Waals surface area contributed by atoms with Crippen molar-refractivity contribution in [3.05, 3.63) is 48.1 Å². The molecule has 3 nitrogen and oxygen atoms in total. The van der Waals surface area contributed by atoms with Crippen LogP contribution in [0.5, 0.6) is 0 Å². The maximum Gasteiger partial charge on any atom is 0.333 e. The molecule has 0 amide bonds. The molecular weight excluding hydrogens is 288 g/mol. The lowest BCUT2D eigenvalue weighted by Crippen LogP contribution is -2.09. The van der Waals surface area contributed by atoms with Gasteiger partial charge in [0.05, 0.1) is 0 Å². The number of hydrogen-bond donors (Lipinski definition) is 1. The van der Waals surface area contributed by atoms with E-state index in [9.17, 15) is 9.90 Å². The standard InChI is InChI=1S/C20H30O3/c1-2-3-4-5-6-7-8-9-10-11-12-13-14-15-16-18-17-19(21)23-20(18)22/h3-4,6-7,9-10,17,20,22H,2,5,8,11-16H2,1H3/b4-3-,7-6-,10-9-. The fourth-order valence-corrected chi connectivity index (χ4v) is 2.41. The van der Waals surface area contributed by atoms with Crippen LogP contribution in [0.15, 0.2) is 48.1 Å². The molecule has 1 N–H and O–H groups in total. The van der Waals surface area contributed by atoms with Crippen molar-refractivity contribution in [2.24, 2.45) is 0 Å². The predicted octanol–water partition coefficient (Wildman–Crippen LogP) is 4.99. The van der Waals surface area contributed by atoms with Gasteiger partial charge in [0.1, 0.15) is 0 Å². The number of cyclic esters (lactones) is 1. The maximum absolute atomic E-state index is 10.9. The molecule has 0 aliphatic carbocycles. The predicted molar refractivity (Wildman–Crippen MR) is 94.8 cm³/mol. The third kappa shape index (κ3) is 9.90. The maximum atomic E-state index is 10.9. The summed E-state index contributed by atoms with van der Waals surface area (Å²) in [5, 5.41) is 9.43. The molecule has 128 valence electrons. The smallest absolute Gasteiger partial charge is 0.333 e. The number of aliphatic hydroxyl groups is 1. The highest BCUT2D eigenvalue weighted by Gasteiger charge is 2.22. The van der Waals surface area contributed by atoms with Gasteiger partial charge in [0.2, 0.25) is 6.29 Å². The zero-order valence-electron chi connectivity index (χ0n) is 14.2. The molecule has 0 radical (unpaired) electrons. The van der Waals surface area contributed by atoms with Gasteiger partial charge in [-0.25, -0.2) is 4.79 Å². The summed E-state index contributed by atoms with van der Waals surface area (Å²) in [5.74, 6) is -0.423. The normalized spacial score (nSPS) is 18.4. The molecule has 1 aliphatic rings. The summed E-state index contributed by atoms with van der Waals surface area (Å²) in [6.45, 7) is 2.15. The molecule has 1 heterocycles. The number of unbranched alkanes of at least 4 members (excludes halogenated alkanes) is 4. The highest BCUT2D eigenvalue weighted by atomic mass is 16.6. The monoisotopic (exact) mass is 318 g/mol. The van der Waals surface area contributed by atoms with Crippen LogP contribution in [0.4, 0.5) is 0 Å². The van der Waals surface area contributed by atoms with Crippen molar-refractivity contribution in [3.63, 3.8) is 0 Å². The molecular formula is C20H30O3. The molecule has 0 saturated carbocycles. The molecule has 0 saturated heterocycles. The van der Waals surface area contributed by atoms with Crippen LogP contribution >= 0.6 is 0 Å². The van der Waals surface area contributed by atoms with Crippen molar-refractivity contribution < 1.29 is 14.6 Å². The molecule has 1 rings (SSSR count). The molecule has 0 bridgehead atoms. The van der Waals surface area contributed by atoms with Gasteiger partial charge in [-0.1, -0.05) is 56.2 Å². The summed E-state index contributed by atoms with van der Waals surface area (Å²) in [6, 6.07) is 0. The SMILES string of the molecule is CC/C=C\C/C=C\C/C=C\CCCCCCC1=CC(=O)OC1O. The Balaban J connectivity index is 1.91. The Labute approximate surface area is 140 Å². The van der Waals surface area contributed by atoms with Gasteiger partial charge in [0.15, 0.2) is 0 Å². The number of carbonyl (C=O) groups excluding carboxylic acids is 1. The lowest BCUT2D eigenvalue weighted by molar-refractivity contribution is -0.151. The van der Waals surface area contributed by atoms with E-state index in [2.05, 4.69) is 48.1 Å². The van der Waals surface area contributed by atoms with Crippen LogP contribution in [-0.4, -0.2) is 17.4 Å².